The van der Waals surface area contributed by atoms with Crippen LogP contribution in [-0.2, 0) is 4.74 Å². The number of methoxy groups -OCH3 is 1. The maximum Gasteiger partial charge on any atom is 0.339 e. The van der Waals surface area contributed by atoms with Crippen LogP contribution in [0.15, 0.2) is 18.2 Å². The monoisotopic (exact) mass is 257 g/mol. The lowest BCUT2D eigenvalue weighted by Gasteiger charge is -2.16. The van der Waals surface area contributed by atoms with E-state index in [9.17, 15) is 4.79 Å². The van der Waals surface area contributed by atoms with E-state index in [1.165, 1.54) is 13.5 Å². The second-order valence-electron chi connectivity index (χ2n) is 3.44. The Morgan fingerprint density at radius 3 is 3.00 bits per heavy atom. The Morgan fingerprint density at radius 2 is 2.38 bits per heavy atom. The van der Waals surface area contributed by atoms with Crippen LogP contribution in [-0.4, -0.2) is 25.4 Å². The number of ether oxygens (including phenoxy) is 1. The molecule has 1 heterocycles. The Hall–Kier alpha value is -0.870. The summed E-state index contributed by atoms with van der Waals surface area (Å²) < 4.78 is 6.86. The molecule has 1 aromatic carbocycles. The third kappa shape index (κ3) is 2.28. The van der Waals surface area contributed by atoms with Crippen LogP contribution < -0.4 is 4.31 Å². The number of halogens is 1. The predicted octanol–water partition coefficient (Wildman–Crippen LogP) is 2.98. The van der Waals surface area contributed by atoms with Crippen LogP contribution in [0.2, 0.25) is 5.02 Å². The van der Waals surface area contributed by atoms with Gasteiger partial charge in [0.2, 0.25) is 0 Å². The van der Waals surface area contributed by atoms with Gasteiger partial charge < -0.3 is 9.04 Å². The quantitative estimate of drug-likeness (QED) is 0.602. The highest BCUT2D eigenvalue weighted by atomic mass is 35.5. The van der Waals surface area contributed by atoms with Crippen molar-refractivity contribution < 1.29 is 9.53 Å². The average molecular weight is 258 g/mol. The summed E-state index contributed by atoms with van der Waals surface area (Å²) >= 11 is 7.72. The van der Waals surface area contributed by atoms with E-state index in [-0.39, 0.29) is 0 Å². The summed E-state index contributed by atoms with van der Waals surface area (Å²) in [6.45, 7) is 1.01. The zero-order valence-corrected chi connectivity index (χ0v) is 10.5. The minimum atomic E-state index is -0.393. The molecule has 0 bridgehead atoms. The van der Waals surface area contributed by atoms with Crippen molar-refractivity contribution in [2.45, 2.75) is 6.42 Å². The minimum Gasteiger partial charge on any atom is -0.465 e. The van der Waals surface area contributed by atoms with E-state index in [1.807, 2.05) is 6.07 Å². The molecular formula is C11H12ClNO2S. The lowest BCUT2D eigenvalue weighted by Crippen LogP contribution is -2.10. The van der Waals surface area contributed by atoms with Crippen molar-refractivity contribution in [3.05, 3.63) is 28.8 Å². The van der Waals surface area contributed by atoms with Crippen molar-refractivity contribution in [3.8, 4) is 0 Å². The molecule has 1 aliphatic rings. The predicted molar refractivity (Wildman–Crippen MR) is 67.2 cm³/mol. The van der Waals surface area contributed by atoms with Gasteiger partial charge in [0.15, 0.2) is 0 Å². The molecule has 0 aliphatic carbocycles. The van der Waals surface area contributed by atoms with Crippen molar-refractivity contribution >= 4 is 35.2 Å². The Labute approximate surface area is 104 Å². The van der Waals surface area contributed by atoms with Gasteiger partial charge in [0.25, 0.3) is 0 Å². The standard InChI is InChI=1S/C11H12ClNO2S/c1-15-11(14)9-7-8(3-4-10(9)12)13-5-2-6-16-13/h3-4,7H,2,5-6H2,1H3. The van der Waals surface area contributed by atoms with Gasteiger partial charge in [-0.2, -0.15) is 0 Å². The number of rotatable bonds is 2. The van der Waals surface area contributed by atoms with Crippen molar-refractivity contribution in [3.63, 3.8) is 0 Å². The Kier molecular flexibility index (Phi) is 3.61. The molecule has 0 unspecified atom stereocenters. The zero-order chi connectivity index (χ0) is 11.5. The maximum atomic E-state index is 11.5. The van der Waals surface area contributed by atoms with Crippen LogP contribution in [0.5, 0.6) is 0 Å². The van der Waals surface area contributed by atoms with Crippen molar-refractivity contribution in [1.82, 2.24) is 0 Å². The van der Waals surface area contributed by atoms with E-state index in [4.69, 9.17) is 11.6 Å². The summed E-state index contributed by atoms with van der Waals surface area (Å²) in [4.78, 5) is 11.5. The summed E-state index contributed by atoms with van der Waals surface area (Å²) in [5, 5.41) is 0.430. The van der Waals surface area contributed by atoms with Crippen LogP contribution in [0.25, 0.3) is 0 Å². The molecule has 86 valence electrons. The summed E-state index contributed by atoms with van der Waals surface area (Å²) in [7, 11) is 1.36. The molecule has 0 amide bonds. The normalized spacial score (nSPS) is 15.2. The summed E-state index contributed by atoms with van der Waals surface area (Å²) in [6.07, 6.45) is 1.17. The molecule has 5 heteroatoms. The molecule has 0 aromatic heterocycles. The van der Waals surface area contributed by atoms with Crippen LogP contribution in [0.3, 0.4) is 0 Å². The van der Waals surface area contributed by atoms with Crippen molar-refractivity contribution in [1.29, 1.82) is 0 Å². The molecule has 0 saturated carbocycles. The number of anilines is 1. The number of esters is 1. The van der Waals surface area contributed by atoms with Gasteiger partial charge in [0.05, 0.1) is 17.7 Å². The molecular weight excluding hydrogens is 246 g/mol. The molecule has 1 saturated heterocycles. The zero-order valence-electron chi connectivity index (χ0n) is 8.90. The van der Waals surface area contributed by atoms with Gasteiger partial charge in [-0.3, -0.25) is 0 Å². The number of hydrogen-bond donors (Lipinski definition) is 0. The fourth-order valence-corrected chi connectivity index (χ4v) is 2.78. The second kappa shape index (κ2) is 4.97. The maximum absolute atomic E-state index is 11.5. The lowest BCUT2D eigenvalue weighted by atomic mass is 10.2. The van der Waals surface area contributed by atoms with Crippen LogP contribution >= 0.6 is 23.5 Å². The van der Waals surface area contributed by atoms with Gasteiger partial charge >= 0.3 is 5.97 Å². The van der Waals surface area contributed by atoms with Crippen LogP contribution in [0.4, 0.5) is 5.69 Å². The molecule has 1 fully saturated rings. The topological polar surface area (TPSA) is 29.5 Å². The molecule has 0 N–H and O–H groups in total. The van der Waals surface area contributed by atoms with Crippen LogP contribution in [0.1, 0.15) is 16.8 Å². The lowest BCUT2D eigenvalue weighted by molar-refractivity contribution is 0.0601. The van der Waals surface area contributed by atoms with Gasteiger partial charge in [-0.15, -0.1) is 0 Å². The van der Waals surface area contributed by atoms with E-state index < -0.39 is 5.97 Å². The van der Waals surface area contributed by atoms with E-state index >= 15 is 0 Å². The fourth-order valence-electron chi connectivity index (χ4n) is 1.59. The molecule has 1 aromatic rings. The Morgan fingerprint density at radius 1 is 1.56 bits per heavy atom. The van der Waals surface area contributed by atoms with E-state index in [0.717, 1.165) is 18.0 Å². The van der Waals surface area contributed by atoms with Gasteiger partial charge in [-0.05, 0) is 36.6 Å². The van der Waals surface area contributed by atoms with Crippen molar-refractivity contribution in [2.24, 2.45) is 0 Å². The largest absolute Gasteiger partial charge is 0.465 e. The molecule has 16 heavy (non-hydrogen) atoms. The molecule has 0 spiro atoms. The van der Waals surface area contributed by atoms with Crippen molar-refractivity contribution in [2.75, 3.05) is 23.7 Å². The molecule has 0 radical (unpaired) electrons. The first-order valence-electron chi connectivity index (χ1n) is 5.00. The molecule has 0 atom stereocenters. The van der Waals surface area contributed by atoms with E-state index in [0.29, 0.717) is 10.6 Å². The third-order valence-corrected chi connectivity index (χ3v) is 3.90. The first-order chi connectivity index (χ1) is 7.72. The third-order valence-electron chi connectivity index (χ3n) is 2.40. The van der Waals surface area contributed by atoms with E-state index in [2.05, 4.69) is 9.04 Å². The van der Waals surface area contributed by atoms with Crippen LogP contribution in [0, 0.1) is 0 Å². The smallest absolute Gasteiger partial charge is 0.339 e. The van der Waals surface area contributed by atoms with Gasteiger partial charge in [0, 0.05) is 18.0 Å². The van der Waals surface area contributed by atoms with Gasteiger partial charge in [0.1, 0.15) is 0 Å². The number of hydrogen-bond acceptors (Lipinski definition) is 4. The first-order valence-corrected chi connectivity index (χ1v) is 6.33. The average Bonchev–Trinajstić information content (AvgIpc) is 2.82. The second-order valence-corrected chi connectivity index (χ2v) is 4.96. The van der Waals surface area contributed by atoms with Gasteiger partial charge in [-0.1, -0.05) is 11.6 Å². The SMILES string of the molecule is COC(=O)c1cc(N2CCCS2)ccc1Cl. The highest BCUT2D eigenvalue weighted by Gasteiger charge is 2.17. The highest BCUT2D eigenvalue weighted by Crippen LogP contribution is 2.31. The molecule has 2 rings (SSSR count). The first kappa shape index (κ1) is 11.6. The molecule has 3 nitrogen and oxygen atoms in total. The van der Waals surface area contributed by atoms with E-state index in [1.54, 1.807) is 24.1 Å². The number of carbonyl (C=O) groups is 1. The Bertz CT molecular complexity index is 405. The fraction of sp³-hybridized carbons (Fsp3) is 0.364. The number of carbonyl (C=O) groups excluding carboxylic acids is 1. The summed E-state index contributed by atoms with van der Waals surface area (Å²) in [5.41, 5.74) is 1.43. The number of benzene rings is 1. The highest BCUT2D eigenvalue weighted by molar-refractivity contribution is 8.00. The summed E-state index contributed by atoms with van der Waals surface area (Å²) in [5.74, 6) is 0.729. The minimum absolute atomic E-state index is 0.393. The molecule has 1 aliphatic heterocycles. The Balaban J connectivity index is 2.30. The summed E-state index contributed by atoms with van der Waals surface area (Å²) in [6, 6.07) is 5.45. The number of nitrogens with zero attached hydrogens (tertiary/aromatic N) is 1. The van der Waals surface area contributed by atoms with Gasteiger partial charge in [-0.25, -0.2) is 4.79 Å².